The van der Waals surface area contributed by atoms with E-state index >= 15 is 0 Å². The molecule has 0 bridgehead atoms. The molecule has 1 atom stereocenters. The lowest BCUT2D eigenvalue weighted by Crippen LogP contribution is -2.21. The molecule has 0 saturated carbocycles. The van der Waals surface area contributed by atoms with E-state index in [4.69, 9.17) is 5.26 Å². The first-order valence-electron chi connectivity index (χ1n) is 6.29. The molecular formula is C14H15N5O. The Kier molecular flexibility index (Phi) is 4.98. The Bertz CT molecular complexity index is 582. The van der Waals surface area contributed by atoms with Crippen molar-refractivity contribution in [2.24, 2.45) is 5.92 Å². The maximum absolute atomic E-state index is 9.42. The number of hydrogen-bond acceptors (Lipinski definition) is 6. The highest BCUT2D eigenvalue weighted by atomic mass is 16.3. The van der Waals surface area contributed by atoms with Crippen LogP contribution in [0.4, 0.5) is 5.82 Å². The monoisotopic (exact) mass is 269 g/mol. The number of aromatic nitrogens is 3. The van der Waals surface area contributed by atoms with Gasteiger partial charge in [0.05, 0.1) is 0 Å². The minimum atomic E-state index is -0.00144. The van der Waals surface area contributed by atoms with Crippen LogP contribution in [0.1, 0.15) is 11.4 Å². The van der Waals surface area contributed by atoms with Gasteiger partial charge in [0, 0.05) is 43.4 Å². The van der Waals surface area contributed by atoms with E-state index in [9.17, 15) is 5.11 Å². The van der Waals surface area contributed by atoms with E-state index in [1.54, 1.807) is 6.20 Å². The van der Waals surface area contributed by atoms with E-state index in [-0.39, 0.29) is 18.2 Å². The highest BCUT2D eigenvalue weighted by Gasteiger charge is 2.11. The van der Waals surface area contributed by atoms with Crippen LogP contribution in [-0.2, 0) is 6.42 Å². The smallest absolute Gasteiger partial charge is 0.182 e. The molecular weight excluding hydrogens is 254 g/mol. The van der Waals surface area contributed by atoms with Crippen LogP contribution < -0.4 is 5.32 Å². The largest absolute Gasteiger partial charge is 0.396 e. The fourth-order valence-electron chi connectivity index (χ4n) is 1.81. The molecule has 0 aromatic carbocycles. The summed E-state index contributed by atoms with van der Waals surface area (Å²) in [5, 5.41) is 21.4. The minimum absolute atomic E-state index is 0.00144. The van der Waals surface area contributed by atoms with Gasteiger partial charge in [0.25, 0.3) is 0 Å². The number of aliphatic hydroxyl groups excluding tert-OH is 1. The number of nitrogens with one attached hydrogen (secondary N) is 1. The van der Waals surface area contributed by atoms with Crippen molar-refractivity contribution in [1.82, 2.24) is 15.0 Å². The Morgan fingerprint density at radius 2 is 2.05 bits per heavy atom. The van der Waals surface area contributed by atoms with E-state index in [1.165, 1.54) is 12.4 Å². The lowest BCUT2D eigenvalue weighted by molar-refractivity contribution is 0.232. The van der Waals surface area contributed by atoms with Crippen molar-refractivity contribution in [3.05, 3.63) is 48.2 Å². The molecule has 6 nitrogen and oxygen atoms in total. The molecule has 0 amide bonds. The van der Waals surface area contributed by atoms with Crippen molar-refractivity contribution in [3.63, 3.8) is 0 Å². The van der Waals surface area contributed by atoms with E-state index < -0.39 is 0 Å². The maximum atomic E-state index is 9.42. The molecule has 2 heterocycles. The molecule has 0 radical (unpaired) electrons. The number of nitriles is 1. The van der Waals surface area contributed by atoms with E-state index in [1.807, 2.05) is 24.3 Å². The summed E-state index contributed by atoms with van der Waals surface area (Å²) in [5.74, 6) is 0.438. The van der Waals surface area contributed by atoms with Crippen molar-refractivity contribution >= 4 is 5.82 Å². The molecule has 102 valence electrons. The second-order valence-corrected chi connectivity index (χ2v) is 4.32. The van der Waals surface area contributed by atoms with Gasteiger partial charge in [-0.2, -0.15) is 5.26 Å². The van der Waals surface area contributed by atoms with Gasteiger partial charge in [0.15, 0.2) is 11.5 Å². The van der Waals surface area contributed by atoms with Gasteiger partial charge in [0.1, 0.15) is 6.07 Å². The van der Waals surface area contributed by atoms with Crippen LogP contribution in [0.15, 0.2) is 36.8 Å². The summed E-state index contributed by atoms with van der Waals surface area (Å²) in [5.41, 5.74) is 1.18. The summed E-state index contributed by atoms with van der Waals surface area (Å²) in [6.07, 6.45) is 5.39. The Balaban J connectivity index is 1.96. The normalized spacial score (nSPS) is 11.6. The van der Waals surface area contributed by atoms with Gasteiger partial charge in [-0.05, 0) is 18.6 Å². The molecule has 2 rings (SSSR count). The predicted molar refractivity (Wildman–Crippen MR) is 73.8 cm³/mol. The fraction of sp³-hybridized carbons (Fsp3) is 0.286. The number of nitrogens with zero attached hydrogens (tertiary/aromatic N) is 4. The lowest BCUT2D eigenvalue weighted by Gasteiger charge is -2.15. The van der Waals surface area contributed by atoms with Crippen LogP contribution in [0.25, 0.3) is 0 Å². The van der Waals surface area contributed by atoms with E-state index in [0.717, 1.165) is 5.69 Å². The molecule has 6 heteroatoms. The highest BCUT2D eigenvalue weighted by molar-refractivity contribution is 5.46. The molecule has 0 aliphatic heterocycles. The third kappa shape index (κ3) is 3.73. The van der Waals surface area contributed by atoms with Gasteiger partial charge in [-0.15, -0.1) is 0 Å². The van der Waals surface area contributed by atoms with Crippen LogP contribution in [-0.4, -0.2) is 33.2 Å². The van der Waals surface area contributed by atoms with Crippen LogP contribution in [0, 0.1) is 17.2 Å². The summed E-state index contributed by atoms with van der Waals surface area (Å²) in [6, 6.07) is 7.67. The average Bonchev–Trinajstić information content (AvgIpc) is 2.52. The standard InChI is InChI=1S/C14H15N5O/c15-8-13-14(18-6-5-17-13)19-9-11(10-20)7-12-3-1-2-4-16-12/h1-6,11,20H,7,9-10H2,(H,18,19)/t11-/m0/s1. The molecule has 20 heavy (non-hydrogen) atoms. The summed E-state index contributed by atoms with van der Waals surface area (Å²) >= 11 is 0. The number of aliphatic hydroxyl groups is 1. The molecule has 2 aromatic heterocycles. The third-order valence-corrected chi connectivity index (χ3v) is 2.84. The molecule has 0 saturated heterocycles. The van der Waals surface area contributed by atoms with Crippen molar-refractivity contribution in [1.29, 1.82) is 5.26 Å². The van der Waals surface area contributed by atoms with Crippen LogP contribution in [0.3, 0.4) is 0 Å². The summed E-state index contributed by atoms with van der Waals surface area (Å²) in [7, 11) is 0. The first kappa shape index (κ1) is 13.9. The molecule has 0 fully saturated rings. The topological polar surface area (TPSA) is 94.7 Å². The fourth-order valence-corrected chi connectivity index (χ4v) is 1.81. The van der Waals surface area contributed by atoms with E-state index in [2.05, 4.69) is 20.3 Å². The van der Waals surface area contributed by atoms with Gasteiger partial charge >= 0.3 is 0 Å². The minimum Gasteiger partial charge on any atom is -0.396 e. The highest BCUT2D eigenvalue weighted by Crippen LogP contribution is 2.10. The summed E-state index contributed by atoms with van der Waals surface area (Å²) < 4.78 is 0. The first-order chi connectivity index (χ1) is 9.83. The Labute approximate surface area is 117 Å². The molecule has 0 unspecified atom stereocenters. The zero-order valence-electron chi connectivity index (χ0n) is 10.9. The second-order valence-electron chi connectivity index (χ2n) is 4.32. The third-order valence-electron chi connectivity index (χ3n) is 2.84. The van der Waals surface area contributed by atoms with Gasteiger partial charge < -0.3 is 10.4 Å². The van der Waals surface area contributed by atoms with Gasteiger partial charge in [-0.1, -0.05) is 6.07 Å². The van der Waals surface area contributed by atoms with Crippen LogP contribution in [0.2, 0.25) is 0 Å². The number of hydrogen-bond donors (Lipinski definition) is 2. The first-order valence-corrected chi connectivity index (χ1v) is 6.29. The lowest BCUT2D eigenvalue weighted by atomic mass is 10.0. The van der Waals surface area contributed by atoms with Gasteiger partial charge in [-0.25, -0.2) is 9.97 Å². The van der Waals surface area contributed by atoms with Crippen LogP contribution in [0.5, 0.6) is 0 Å². The second kappa shape index (κ2) is 7.16. The Morgan fingerprint density at radius 3 is 2.75 bits per heavy atom. The Hall–Kier alpha value is -2.52. The molecule has 2 aromatic rings. The quantitative estimate of drug-likeness (QED) is 0.812. The Morgan fingerprint density at radius 1 is 1.20 bits per heavy atom. The summed E-state index contributed by atoms with van der Waals surface area (Å²) in [4.78, 5) is 12.2. The van der Waals surface area contributed by atoms with Crippen molar-refractivity contribution in [3.8, 4) is 6.07 Å². The molecule has 0 aliphatic rings. The maximum Gasteiger partial charge on any atom is 0.182 e. The number of pyridine rings is 1. The van der Waals surface area contributed by atoms with E-state index in [0.29, 0.717) is 18.8 Å². The zero-order valence-corrected chi connectivity index (χ0v) is 10.9. The molecule has 0 aliphatic carbocycles. The summed E-state index contributed by atoms with van der Waals surface area (Å²) in [6.45, 7) is 0.534. The number of rotatable bonds is 6. The number of anilines is 1. The zero-order chi connectivity index (χ0) is 14.2. The SMILES string of the molecule is N#Cc1nccnc1NC[C@@H](CO)Cc1ccccn1. The molecule has 0 spiro atoms. The van der Waals surface area contributed by atoms with Crippen LogP contribution >= 0.6 is 0 Å². The average molecular weight is 269 g/mol. The van der Waals surface area contributed by atoms with Crippen molar-refractivity contribution in [2.75, 3.05) is 18.5 Å². The predicted octanol–water partition coefficient (Wildman–Crippen LogP) is 1.01. The van der Waals surface area contributed by atoms with Crippen molar-refractivity contribution in [2.45, 2.75) is 6.42 Å². The molecule has 2 N–H and O–H groups in total. The van der Waals surface area contributed by atoms with Gasteiger partial charge in [-0.3, -0.25) is 4.98 Å². The van der Waals surface area contributed by atoms with Crippen molar-refractivity contribution < 1.29 is 5.11 Å². The van der Waals surface area contributed by atoms with Gasteiger partial charge in [0.2, 0.25) is 0 Å².